The van der Waals surface area contributed by atoms with E-state index in [9.17, 15) is 4.79 Å². The molecule has 2 rings (SSSR count). The van der Waals surface area contributed by atoms with Crippen LogP contribution in [0.2, 0.25) is 0 Å². The molecule has 0 bridgehead atoms. The molecule has 0 fully saturated rings. The lowest BCUT2D eigenvalue weighted by molar-refractivity contribution is 0.0503. The van der Waals surface area contributed by atoms with Gasteiger partial charge in [-0.2, -0.15) is 5.10 Å². The van der Waals surface area contributed by atoms with Crippen molar-refractivity contribution in [2.24, 2.45) is 5.92 Å². The highest BCUT2D eigenvalue weighted by Crippen LogP contribution is 2.33. The topological polar surface area (TPSA) is 65.4 Å². The van der Waals surface area contributed by atoms with Crippen molar-refractivity contribution >= 4 is 6.09 Å². The van der Waals surface area contributed by atoms with Gasteiger partial charge in [0.2, 0.25) is 5.88 Å². The van der Waals surface area contributed by atoms with Crippen molar-refractivity contribution in [1.29, 1.82) is 0 Å². The van der Waals surface area contributed by atoms with Gasteiger partial charge in [0.05, 0.1) is 19.3 Å². The summed E-state index contributed by atoms with van der Waals surface area (Å²) < 4.78 is 13.0. The second-order valence-electron chi connectivity index (χ2n) is 7.86. The average molecular weight is 309 g/mol. The summed E-state index contributed by atoms with van der Waals surface area (Å²) in [6.45, 7) is 13.8. The number of fused-ring (bicyclic) bond motifs is 1. The third-order valence-electron chi connectivity index (χ3n) is 3.42. The largest absolute Gasteiger partial charge is 0.477 e. The first-order chi connectivity index (χ1) is 10.1. The van der Waals surface area contributed by atoms with Crippen molar-refractivity contribution in [3.63, 3.8) is 0 Å². The van der Waals surface area contributed by atoms with Gasteiger partial charge in [-0.1, -0.05) is 20.8 Å². The third kappa shape index (κ3) is 4.15. The zero-order valence-corrected chi connectivity index (χ0v) is 14.4. The number of alkyl carbamates (subject to hydrolysis) is 1. The Kier molecular flexibility index (Phi) is 4.40. The van der Waals surface area contributed by atoms with Crippen LogP contribution in [-0.2, 0) is 16.7 Å². The molecule has 0 aromatic carbocycles. The molecule has 0 radical (unpaired) electrons. The van der Waals surface area contributed by atoms with Crippen LogP contribution in [0.4, 0.5) is 4.79 Å². The summed E-state index contributed by atoms with van der Waals surface area (Å²) in [6, 6.07) is 0. The maximum atomic E-state index is 11.7. The monoisotopic (exact) mass is 309 g/mol. The van der Waals surface area contributed by atoms with E-state index in [0.717, 1.165) is 18.0 Å². The van der Waals surface area contributed by atoms with Crippen LogP contribution in [0.15, 0.2) is 6.20 Å². The first-order valence-corrected chi connectivity index (χ1v) is 7.72. The van der Waals surface area contributed by atoms with Crippen LogP contribution in [0, 0.1) is 5.92 Å². The Morgan fingerprint density at radius 3 is 2.68 bits per heavy atom. The molecule has 6 nitrogen and oxygen atoms in total. The normalized spacial score (nSPS) is 18.4. The van der Waals surface area contributed by atoms with Crippen LogP contribution in [0.1, 0.15) is 47.1 Å². The van der Waals surface area contributed by atoms with Gasteiger partial charge in [-0.15, -0.1) is 0 Å². The quantitative estimate of drug-likeness (QED) is 0.912. The van der Waals surface area contributed by atoms with Gasteiger partial charge in [0, 0.05) is 18.0 Å². The lowest BCUT2D eigenvalue weighted by Gasteiger charge is -2.27. The molecule has 124 valence electrons. The van der Waals surface area contributed by atoms with E-state index in [4.69, 9.17) is 9.47 Å². The maximum absolute atomic E-state index is 11.7. The molecule has 6 heteroatoms. The molecule has 0 saturated carbocycles. The van der Waals surface area contributed by atoms with E-state index in [2.05, 4.69) is 31.2 Å². The minimum Gasteiger partial charge on any atom is -0.477 e. The first kappa shape index (κ1) is 16.6. The van der Waals surface area contributed by atoms with E-state index in [1.54, 1.807) is 0 Å². The predicted molar refractivity (Wildman–Crippen MR) is 84.1 cm³/mol. The fourth-order valence-electron chi connectivity index (χ4n) is 2.33. The molecule has 1 aromatic heterocycles. The highest BCUT2D eigenvalue weighted by Gasteiger charge is 2.29. The number of nitrogens with zero attached hydrogens (tertiary/aromatic N) is 2. The Hall–Kier alpha value is -1.72. The molecule has 1 N–H and O–H groups in total. The van der Waals surface area contributed by atoms with Crippen LogP contribution in [0.5, 0.6) is 5.88 Å². The number of hydrogen-bond donors (Lipinski definition) is 1. The minimum atomic E-state index is -0.482. The summed E-state index contributed by atoms with van der Waals surface area (Å²) >= 11 is 0. The maximum Gasteiger partial charge on any atom is 0.407 e. The van der Waals surface area contributed by atoms with E-state index >= 15 is 0 Å². The minimum absolute atomic E-state index is 0.00911. The van der Waals surface area contributed by atoms with Crippen molar-refractivity contribution in [1.82, 2.24) is 15.1 Å². The van der Waals surface area contributed by atoms with E-state index in [1.165, 1.54) is 0 Å². The third-order valence-corrected chi connectivity index (χ3v) is 3.42. The van der Waals surface area contributed by atoms with Gasteiger partial charge in [0.1, 0.15) is 5.60 Å². The molecule has 0 saturated heterocycles. The van der Waals surface area contributed by atoms with Crippen LogP contribution in [-0.4, -0.2) is 34.6 Å². The molecule has 1 aliphatic rings. The highest BCUT2D eigenvalue weighted by molar-refractivity contribution is 5.67. The molecule has 2 heterocycles. The zero-order valence-electron chi connectivity index (χ0n) is 14.4. The van der Waals surface area contributed by atoms with Crippen molar-refractivity contribution in [2.75, 3.05) is 13.2 Å². The van der Waals surface area contributed by atoms with E-state index in [0.29, 0.717) is 13.2 Å². The van der Waals surface area contributed by atoms with Gasteiger partial charge in [0.15, 0.2) is 0 Å². The van der Waals surface area contributed by atoms with Crippen molar-refractivity contribution in [3.05, 3.63) is 11.8 Å². The second kappa shape index (κ2) is 5.82. The fourth-order valence-corrected chi connectivity index (χ4v) is 2.33. The lowest BCUT2D eigenvalue weighted by atomic mass is 9.89. The molecule has 0 aliphatic carbocycles. The summed E-state index contributed by atoms with van der Waals surface area (Å²) in [5.74, 6) is 1.04. The smallest absolute Gasteiger partial charge is 0.407 e. The van der Waals surface area contributed by atoms with E-state index in [1.807, 2.05) is 31.6 Å². The molecule has 1 unspecified atom stereocenters. The van der Waals surface area contributed by atoms with E-state index in [-0.39, 0.29) is 11.3 Å². The van der Waals surface area contributed by atoms with Crippen molar-refractivity contribution in [3.8, 4) is 5.88 Å². The standard InChI is InChI=1S/C16H27N3O3/c1-15(2,3)12-8-18-19-9-11(10-21-13(12)19)7-17-14(20)22-16(4,5)6/h8,11H,7,9-10H2,1-6H3,(H,17,20). The number of aromatic nitrogens is 2. The highest BCUT2D eigenvalue weighted by atomic mass is 16.6. The fraction of sp³-hybridized carbons (Fsp3) is 0.750. The number of rotatable bonds is 2. The Morgan fingerprint density at radius 1 is 1.41 bits per heavy atom. The van der Waals surface area contributed by atoms with Gasteiger partial charge in [0.25, 0.3) is 0 Å². The zero-order chi connectivity index (χ0) is 16.5. The lowest BCUT2D eigenvalue weighted by Crippen LogP contribution is -2.39. The molecular weight excluding hydrogens is 282 g/mol. The van der Waals surface area contributed by atoms with Crippen LogP contribution in [0.3, 0.4) is 0 Å². The van der Waals surface area contributed by atoms with Crippen LogP contribution in [0.25, 0.3) is 0 Å². The summed E-state index contributed by atoms with van der Waals surface area (Å²) in [6.07, 6.45) is 1.48. The molecular formula is C16H27N3O3. The van der Waals surface area contributed by atoms with Gasteiger partial charge in [-0.3, -0.25) is 0 Å². The molecule has 1 aliphatic heterocycles. The summed E-state index contributed by atoms with van der Waals surface area (Å²) in [5.41, 5.74) is 0.644. The molecule has 1 atom stereocenters. The van der Waals surface area contributed by atoms with Crippen LogP contribution >= 0.6 is 0 Å². The Balaban J connectivity index is 1.91. The Labute approximate surface area is 132 Å². The summed E-state index contributed by atoms with van der Waals surface area (Å²) in [4.78, 5) is 11.7. The average Bonchev–Trinajstić information content (AvgIpc) is 2.76. The van der Waals surface area contributed by atoms with Gasteiger partial charge in [-0.05, 0) is 26.2 Å². The SMILES string of the molecule is CC(C)(C)OC(=O)NCC1COc2c(C(C)(C)C)cnn2C1. The number of nitrogens with one attached hydrogen (secondary N) is 1. The predicted octanol–water partition coefficient (Wildman–Crippen LogP) is 2.71. The van der Waals surface area contributed by atoms with Crippen molar-refractivity contribution in [2.45, 2.75) is 59.1 Å². The molecule has 1 aromatic rings. The van der Waals surface area contributed by atoms with Gasteiger partial charge in [-0.25, -0.2) is 9.48 Å². The second-order valence-corrected chi connectivity index (χ2v) is 7.86. The number of carbonyl (C=O) groups excluding carboxylic acids is 1. The number of ether oxygens (including phenoxy) is 2. The number of carbonyl (C=O) groups is 1. The molecule has 0 spiro atoms. The van der Waals surface area contributed by atoms with E-state index < -0.39 is 11.7 Å². The van der Waals surface area contributed by atoms with Crippen molar-refractivity contribution < 1.29 is 14.3 Å². The van der Waals surface area contributed by atoms with Gasteiger partial charge < -0.3 is 14.8 Å². The Bertz CT molecular complexity index is 538. The summed E-state index contributed by atoms with van der Waals surface area (Å²) in [7, 11) is 0. The molecule has 22 heavy (non-hydrogen) atoms. The number of amides is 1. The van der Waals surface area contributed by atoms with Gasteiger partial charge >= 0.3 is 6.09 Å². The first-order valence-electron chi connectivity index (χ1n) is 7.72. The van der Waals surface area contributed by atoms with Crippen LogP contribution < -0.4 is 10.1 Å². The Morgan fingerprint density at radius 2 is 2.09 bits per heavy atom. The number of hydrogen-bond acceptors (Lipinski definition) is 4. The molecule has 1 amide bonds. The summed E-state index contributed by atoms with van der Waals surface area (Å²) in [5, 5.41) is 7.20.